The molecular weight excluding hydrogens is 250 g/mol. The number of nitrogens with one attached hydrogen (secondary N) is 1. The Kier molecular flexibility index (Phi) is 4.27. The predicted molar refractivity (Wildman–Crippen MR) is 79.9 cm³/mol. The Balaban J connectivity index is 1.70. The van der Waals surface area contributed by atoms with Crippen molar-refractivity contribution in [2.75, 3.05) is 13.1 Å². The lowest BCUT2D eigenvalue weighted by atomic mass is 9.78. The number of hydrogen-bond acceptors (Lipinski definition) is 3. The molecule has 110 valence electrons. The van der Waals surface area contributed by atoms with Crippen molar-refractivity contribution in [3.8, 4) is 5.75 Å². The van der Waals surface area contributed by atoms with Gasteiger partial charge >= 0.3 is 0 Å². The first-order valence-electron chi connectivity index (χ1n) is 7.91. The molecule has 0 radical (unpaired) electrons. The molecule has 3 rings (SSSR count). The monoisotopic (exact) mass is 275 g/mol. The summed E-state index contributed by atoms with van der Waals surface area (Å²) < 4.78 is 6.18. The second-order valence-corrected chi connectivity index (χ2v) is 6.23. The van der Waals surface area contributed by atoms with E-state index in [-0.39, 0.29) is 12.2 Å². The van der Waals surface area contributed by atoms with Crippen molar-refractivity contribution in [2.45, 2.75) is 44.8 Å². The Hall–Kier alpha value is -1.06. The summed E-state index contributed by atoms with van der Waals surface area (Å²) in [5.41, 5.74) is 1.26. The number of ether oxygens (including phenoxy) is 1. The van der Waals surface area contributed by atoms with E-state index in [9.17, 15) is 5.11 Å². The normalized spacial score (nSPS) is 32.9. The summed E-state index contributed by atoms with van der Waals surface area (Å²) in [4.78, 5) is 0. The maximum Gasteiger partial charge on any atom is 0.125 e. The van der Waals surface area contributed by atoms with E-state index in [0.717, 1.165) is 44.5 Å². The molecule has 3 heteroatoms. The third kappa shape index (κ3) is 2.84. The number of hydrogen-bond donors (Lipinski definition) is 2. The minimum Gasteiger partial charge on any atom is -0.487 e. The summed E-state index contributed by atoms with van der Waals surface area (Å²) in [5.74, 6) is 2.26. The maximum atomic E-state index is 10.3. The third-order valence-electron chi connectivity index (χ3n) is 4.76. The van der Waals surface area contributed by atoms with Crippen molar-refractivity contribution in [1.29, 1.82) is 0 Å². The first kappa shape index (κ1) is 13.9. The van der Waals surface area contributed by atoms with Crippen LogP contribution in [0.15, 0.2) is 24.3 Å². The summed E-state index contributed by atoms with van der Waals surface area (Å²) in [7, 11) is 0. The molecule has 0 aromatic heterocycles. The van der Waals surface area contributed by atoms with E-state index in [1.807, 2.05) is 12.1 Å². The first-order chi connectivity index (χ1) is 9.78. The number of aliphatic hydroxyl groups is 1. The van der Waals surface area contributed by atoms with Crippen LogP contribution in [0, 0.1) is 11.8 Å². The molecule has 0 bridgehead atoms. The molecule has 1 heterocycles. The van der Waals surface area contributed by atoms with Crippen LogP contribution in [0.4, 0.5) is 0 Å². The maximum absolute atomic E-state index is 10.3. The lowest BCUT2D eigenvalue weighted by molar-refractivity contribution is -0.0235. The second kappa shape index (κ2) is 6.15. The number of para-hydroxylation sites is 1. The number of rotatable bonds is 4. The number of aliphatic hydroxyl groups excluding tert-OH is 1. The van der Waals surface area contributed by atoms with Crippen LogP contribution in [0.3, 0.4) is 0 Å². The van der Waals surface area contributed by atoms with Crippen LogP contribution in [0.1, 0.15) is 31.7 Å². The zero-order valence-electron chi connectivity index (χ0n) is 12.2. The zero-order valence-corrected chi connectivity index (χ0v) is 12.2. The van der Waals surface area contributed by atoms with Gasteiger partial charge < -0.3 is 15.2 Å². The number of aryl methyl sites for hydroxylation is 1. The summed E-state index contributed by atoms with van der Waals surface area (Å²) >= 11 is 0. The molecule has 1 aliphatic heterocycles. The molecule has 20 heavy (non-hydrogen) atoms. The Morgan fingerprint density at radius 1 is 1.20 bits per heavy atom. The van der Waals surface area contributed by atoms with Crippen molar-refractivity contribution >= 4 is 0 Å². The minimum absolute atomic E-state index is 0.0471. The number of fused-ring (bicyclic) bond motifs is 1. The van der Waals surface area contributed by atoms with E-state index in [2.05, 4.69) is 24.4 Å². The van der Waals surface area contributed by atoms with Gasteiger partial charge in [0, 0.05) is 0 Å². The summed E-state index contributed by atoms with van der Waals surface area (Å²) in [5, 5.41) is 13.8. The van der Waals surface area contributed by atoms with Gasteiger partial charge in [-0.1, -0.05) is 31.5 Å². The molecule has 1 aliphatic carbocycles. The molecular formula is C17H25NO2. The van der Waals surface area contributed by atoms with Gasteiger partial charge in [-0.2, -0.15) is 0 Å². The zero-order chi connectivity index (χ0) is 13.9. The van der Waals surface area contributed by atoms with Crippen LogP contribution in [0.25, 0.3) is 0 Å². The van der Waals surface area contributed by atoms with Gasteiger partial charge in [-0.05, 0) is 55.8 Å². The molecule has 4 atom stereocenters. The molecule has 2 fully saturated rings. The largest absolute Gasteiger partial charge is 0.487 e. The fourth-order valence-corrected chi connectivity index (χ4v) is 3.64. The van der Waals surface area contributed by atoms with Crippen LogP contribution in [-0.4, -0.2) is 30.4 Å². The Morgan fingerprint density at radius 2 is 1.95 bits per heavy atom. The summed E-state index contributed by atoms with van der Waals surface area (Å²) in [6, 6.07) is 8.25. The molecule has 1 aromatic carbocycles. The standard InChI is InChI=1S/C17H25NO2/c1-2-5-12-6-3-4-7-16(12)20-17-9-14-11-18-10-13(14)8-15(17)19/h3-4,6-7,13-15,17-19H,2,5,8-11H2,1H3/t13-,14+,15+,17+/m0/s1. The molecule has 2 N–H and O–H groups in total. The van der Waals surface area contributed by atoms with E-state index in [1.54, 1.807) is 0 Å². The molecule has 1 saturated heterocycles. The van der Waals surface area contributed by atoms with Crippen LogP contribution >= 0.6 is 0 Å². The van der Waals surface area contributed by atoms with Gasteiger partial charge in [0.25, 0.3) is 0 Å². The van der Waals surface area contributed by atoms with E-state index in [4.69, 9.17) is 4.74 Å². The lowest BCUT2D eigenvalue weighted by Crippen LogP contribution is -2.42. The van der Waals surface area contributed by atoms with Crippen molar-refractivity contribution in [1.82, 2.24) is 5.32 Å². The summed E-state index contributed by atoms with van der Waals surface area (Å²) in [6.45, 7) is 4.32. The van der Waals surface area contributed by atoms with Gasteiger partial charge in [-0.3, -0.25) is 0 Å². The molecule has 3 nitrogen and oxygen atoms in total. The van der Waals surface area contributed by atoms with Gasteiger partial charge in [0.05, 0.1) is 6.10 Å². The average Bonchev–Trinajstić information content (AvgIpc) is 2.88. The van der Waals surface area contributed by atoms with Crippen LogP contribution in [-0.2, 0) is 6.42 Å². The molecule has 0 unspecified atom stereocenters. The Morgan fingerprint density at radius 3 is 2.75 bits per heavy atom. The van der Waals surface area contributed by atoms with Crippen molar-refractivity contribution in [3.63, 3.8) is 0 Å². The topological polar surface area (TPSA) is 41.5 Å². The van der Waals surface area contributed by atoms with E-state index >= 15 is 0 Å². The SMILES string of the molecule is CCCc1ccccc1O[C@@H]1C[C@@H]2CNC[C@@H]2C[C@H]1O. The van der Waals surface area contributed by atoms with Crippen molar-refractivity contribution in [2.24, 2.45) is 11.8 Å². The van der Waals surface area contributed by atoms with E-state index < -0.39 is 0 Å². The van der Waals surface area contributed by atoms with E-state index in [0.29, 0.717) is 11.8 Å². The second-order valence-electron chi connectivity index (χ2n) is 6.23. The summed E-state index contributed by atoms with van der Waals surface area (Å²) in [6.07, 6.45) is 3.62. The lowest BCUT2D eigenvalue weighted by Gasteiger charge is -2.35. The molecule has 0 spiro atoms. The fraction of sp³-hybridized carbons (Fsp3) is 0.647. The Labute approximate surface area is 121 Å². The highest BCUT2D eigenvalue weighted by Crippen LogP contribution is 2.35. The average molecular weight is 275 g/mol. The highest BCUT2D eigenvalue weighted by Gasteiger charge is 2.39. The van der Waals surface area contributed by atoms with Gasteiger partial charge in [0.2, 0.25) is 0 Å². The highest BCUT2D eigenvalue weighted by molar-refractivity contribution is 5.33. The van der Waals surface area contributed by atoms with Crippen LogP contribution < -0.4 is 10.1 Å². The Bertz CT molecular complexity index is 448. The van der Waals surface area contributed by atoms with Crippen molar-refractivity contribution in [3.05, 3.63) is 29.8 Å². The third-order valence-corrected chi connectivity index (χ3v) is 4.76. The first-order valence-corrected chi connectivity index (χ1v) is 7.91. The molecule has 1 saturated carbocycles. The van der Waals surface area contributed by atoms with E-state index in [1.165, 1.54) is 5.56 Å². The van der Waals surface area contributed by atoms with Crippen molar-refractivity contribution < 1.29 is 9.84 Å². The number of benzene rings is 1. The molecule has 0 amide bonds. The van der Waals surface area contributed by atoms with Gasteiger partial charge in [0.1, 0.15) is 11.9 Å². The molecule has 2 aliphatic rings. The smallest absolute Gasteiger partial charge is 0.125 e. The van der Waals surface area contributed by atoms with Gasteiger partial charge in [-0.15, -0.1) is 0 Å². The molecule has 1 aromatic rings. The van der Waals surface area contributed by atoms with Gasteiger partial charge in [-0.25, -0.2) is 0 Å². The quantitative estimate of drug-likeness (QED) is 0.886. The fourth-order valence-electron chi connectivity index (χ4n) is 3.64. The highest BCUT2D eigenvalue weighted by atomic mass is 16.5. The van der Waals surface area contributed by atoms with Gasteiger partial charge in [0.15, 0.2) is 0 Å². The minimum atomic E-state index is -0.328. The van der Waals surface area contributed by atoms with Crippen LogP contribution in [0.5, 0.6) is 5.75 Å². The van der Waals surface area contributed by atoms with Crippen LogP contribution in [0.2, 0.25) is 0 Å². The predicted octanol–water partition coefficient (Wildman–Crippen LogP) is 2.38.